The van der Waals surface area contributed by atoms with Gasteiger partial charge in [-0.2, -0.15) is 0 Å². The van der Waals surface area contributed by atoms with E-state index in [4.69, 9.17) is 9.47 Å². The van der Waals surface area contributed by atoms with E-state index in [0.29, 0.717) is 18.8 Å². The number of esters is 1. The fourth-order valence-electron chi connectivity index (χ4n) is 1.73. The molecular formula is C13H18N2O3. The highest BCUT2D eigenvalue weighted by Crippen LogP contribution is 2.16. The van der Waals surface area contributed by atoms with Crippen molar-refractivity contribution in [1.82, 2.24) is 10.3 Å². The van der Waals surface area contributed by atoms with Crippen LogP contribution in [0.4, 0.5) is 0 Å². The highest BCUT2D eigenvalue weighted by atomic mass is 16.6. The van der Waals surface area contributed by atoms with E-state index >= 15 is 0 Å². The van der Waals surface area contributed by atoms with Crippen LogP contribution in [-0.4, -0.2) is 30.2 Å². The van der Waals surface area contributed by atoms with Crippen LogP contribution in [0.1, 0.15) is 25.5 Å². The molecule has 2 heterocycles. The Labute approximate surface area is 107 Å². The van der Waals surface area contributed by atoms with Crippen molar-refractivity contribution < 1.29 is 14.3 Å². The summed E-state index contributed by atoms with van der Waals surface area (Å²) < 4.78 is 10.3. The number of hydrogen-bond acceptors (Lipinski definition) is 5. The summed E-state index contributed by atoms with van der Waals surface area (Å²) in [4.78, 5) is 15.5. The Morgan fingerprint density at radius 1 is 1.56 bits per heavy atom. The summed E-state index contributed by atoms with van der Waals surface area (Å²) in [5, 5.41) is 3.27. The van der Waals surface area contributed by atoms with Gasteiger partial charge in [0.25, 0.3) is 0 Å². The molecule has 1 atom stereocenters. The van der Waals surface area contributed by atoms with Gasteiger partial charge in [0.05, 0.1) is 18.5 Å². The van der Waals surface area contributed by atoms with E-state index in [9.17, 15) is 4.79 Å². The van der Waals surface area contributed by atoms with Crippen molar-refractivity contribution in [3.63, 3.8) is 0 Å². The molecular weight excluding hydrogens is 232 g/mol. The topological polar surface area (TPSA) is 60.5 Å². The van der Waals surface area contributed by atoms with Crippen LogP contribution in [0.5, 0.6) is 5.75 Å². The minimum atomic E-state index is -0.476. The Bertz CT molecular complexity index is 392. The second-order valence-corrected chi connectivity index (χ2v) is 4.22. The quantitative estimate of drug-likeness (QED) is 0.608. The first kappa shape index (κ1) is 12.8. The molecule has 1 unspecified atom stereocenters. The lowest BCUT2D eigenvalue weighted by molar-refractivity contribution is -0.143. The second kappa shape index (κ2) is 6.35. The van der Waals surface area contributed by atoms with E-state index in [2.05, 4.69) is 17.2 Å². The summed E-state index contributed by atoms with van der Waals surface area (Å²) in [6, 6.07) is 3.74. The summed E-state index contributed by atoms with van der Waals surface area (Å²) in [5.74, 6) is 0.321. The minimum Gasteiger partial charge on any atom is -0.477 e. The molecule has 0 amide bonds. The maximum absolute atomic E-state index is 11.2. The molecule has 98 valence electrons. The third kappa shape index (κ3) is 3.43. The lowest BCUT2D eigenvalue weighted by atomic mass is 10.3. The monoisotopic (exact) mass is 250 g/mol. The van der Waals surface area contributed by atoms with E-state index < -0.39 is 6.10 Å². The molecule has 1 aromatic heterocycles. The first-order chi connectivity index (χ1) is 8.79. The van der Waals surface area contributed by atoms with Gasteiger partial charge in [-0.1, -0.05) is 6.92 Å². The predicted molar refractivity (Wildman–Crippen MR) is 66.2 cm³/mol. The van der Waals surface area contributed by atoms with Crippen LogP contribution in [0.3, 0.4) is 0 Å². The average Bonchev–Trinajstić information content (AvgIpc) is 2.78. The smallest absolute Gasteiger partial charge is 0.347 e. The number of hydrogen-bond donors (Lipinski definition) is 1. The van der Waals surface area contributed by atoms with E-state index in [1.54, 1.807) is 6.20 Å². The number of nitrogens with zero attached hydrogens (tertiary/aromatic N) is 1. The number of aromatic nitrogens is 1. The van der Waals surface area contributed by atoms with Gasteiger partial charge < -0.3 is 14.8 Å². The number of pyridine rings is 1. The van der Waals surface area contributed by atoms with Gasteiger partial charge in [-0.15, -0.1) is 0 Å². The van der Waals surface area contributed by atoms with Crippen LogP contribution < -0.4 is 10.1 Å². The number of nitrogens with one attached hydrogen (secondary N) is 1. The minimum absolute atomic E-state index is 0.288. The van der Waals surface area contributed by atoms with Gasteiger partial charge in [0.2, 0.25) is 0 Å². The van der Waals surface area contributed by atoms with Crippen molar-refractivity contribution >= 4 is 5.97 Å². The van der Waals surface area contributed by atoms with Crippen LogP contribution in [-0.2, 0) is 16.1 Å². The molecule has 0 radical (unpaired) electrons. The van der Waals surface area contributed by atoms with Gasteiger partial charge in [-0.3, -0.25) is 4.98 Å². The number of ether oxygens (including phenoxy) is 2. The molecule has 0 bridgehead atoms. The maximum atomic E-state index is 11.2. The molecule has 1 fully saturated rings. The number of cyclic esters (lactones) is 1. The summed E-state index contributed by atoms with van der Waals surface area (Å²) >= 11 is 0. The maximum Gasteiger partial charge on any atom is 0.347 e. The molecule has 2 rings (SSSR count). The molecule has 0 saturated carbocycles. The number of carbonyl (C=O) groups is 1. The second-order valence-electron chi connectivity index (χ2n) is 4.22. The number of carbonyl (C=O) groups excluding carboxylic acids is 1. The van der Waals surface area contributed by atoms with Crippen LogP contribution in [0.25, 0.3) is 0 Å². The molecule has 5 nitrogen and oxygen atoms in total. The molecule has 1 aliphatic rings. The first-order valence-electron chi connectivity index (χ1n) is 6.28. The van der Waals surface area contributed by atoms with Crippen molar-refractivity contribution in [2.75, 3.05) is 13.2 Å². The fraction of sp³-hybridized carbons (Fsp3) is 0.538. The lowest BCUT2D eigenvalue weighted by Gasteiger charge is -2.10. The normalized spacial score (nSPS) is 18.7. The van der Waals surface area contributed by atoms with Gasteiger partial charge in [0, 0.05) is 13.0 Å². The van der Waals surface area contributed by atoms with Crippen molar-refractivity contribution in [2.24, 2.45) is 0 Å². The molecule has 1 aromatic rings. The zero-order valence-electron chi connectivity index (χ0n) is 10.5. The number of rotatable bonds is 6. The van der Waals surface area contributed by atoms with Crippen molar-refractivity contribution in [3.8, 4) is 5.75 Å². The van der Waals surface area contributed by atoms with Gasteiger partial charge in [-0.05, 0) is 25.1 Å². The highest BCUT2D eigenvalue weighted by Gasteiger charge is 2.28. The van der Waals surface area contributed by atoms with E-state index in [0.717, 1.165) is 25.2 Å². The molecule has 0 spiro atoms. The Balaban J connectivity index is 1.85. The third-order valence-electron chi connectivity index (χ3n) is 2.70. The largest absolute Gasteiger partial charge is 0.477 e. The predicted octanol–water partition coefficient (Wildman–Crippen LogP) is 1.28. The van der Waals surface area contributed by atoms with E-state index in [1.807, 2.05) is 12.1 Å². The van der Waals surface area contributed by atoms with Crippen LogP contribution >= 0.6 is 0 Å². The molecule has 1 N–H and O–H groups in total. The Kier molecular flexibility index (Phi) is 4.52. The average molecular weight is 250 g/mol. The summed E-state index contributed by atoms with van der Waals surface area (Å²) in [7, 11) is 0. The molecule has 1 aliphatic heterocycles. The van der Waals surface area contributed by atoms with Crippen molar-refractivity contribution in [1.29, 1.82) is 0 Å². The van der Waals surface area contributed by atoms with Gasteiger partial charge in [-0.25, -0.2) is 4.79 Å². The van der Waals surface area contributed by atoms with Gasteiger partial charge >= 0.3 is 5.97 Å². The third-order valence-corrected chi connectivity index (χ3v) is 2.70. The summed E-state index contributed by atoms with van der Waals surface area (Å²) in [5.41, 5.74) is 0.963. The zero-order chi connectivity index (χ0) is 12.8. The standard InChI is InChI=1S/C13H18N2O3/c1-2-6-14-8-10-3-4-11(9-15-10)18-12-5-7-17-13(12)16/h3-4,9,12,14H,2,5-8H2,1H3. The van der Waals surface area contributed by atoms with Crippen LogP contribution in [0, 0.1) is 0 Å². The molecule has 0 aliphatic carbocycles. The van der Waals surface area contributed by atoms with Crippen LogP contribution in [0.15, 0.2) is 18.3 Å². The van der Waals surface area contributed by atoms with E-state index in [1.165, 1.54) is 0 Å². The SMILES string of the molecule is CCCNCc1ccc(OC2CCOC2=O)cn1. The fourth-order valence-corrected chi connectivity index (χ4v) is 1.73. The Hall–Kier alpha value is -1.62. The molecule has 5 heteroatoms. The van der Waals surface area contributed by atoms with Gasteiger partial charge in [0.1, 0.15) is 5.75 Å². The zero-order valence-corrected chi connectivity index (χ0v) is 10.5. The van der Waals surface area contributed by atoms with Gasteiger partial charge in [0.15, 0.2) is 6.10 Å². The summed E-state index contributed by atoms with van der Waals surface area (Å²) in [6.45, 7) is 4.29. The summed E-state index contributed by atoms with van der Waals surface area (Å²) in [6.07, 6.45) is 2.88. The highest BCUT2D eigenvalue weighted by molar-refractivity contribution is 5.76. The lowest BCUT2D eigenvalue weighted by Crippen LogP contribution is -2.21. The molecule has 18 heavy (non-hydrogen) atoms. The molecule has 0 aromatic carbocycles. The Morgan fingerprint density at radius 2 is 2.44 bits per heavy atom. The van der Waals surface area contributed by atoms with Crippen molar-refractivity contribution in [2.45, 2.75) is 32.4 Å². The first-order valence-corrected chi connectivity index (χ1v) is 6.28. The molecule has 1 saturated heterocycles. The van der Waals surface area contributed by atoms with Crippen molar-refractivity contribution in [3.05, 3.63) is 24.0 Å². The van der Waals surface area contributed by atoms with Crippen LogP contribution in [0.2, 0.25) is 0 Å². The van der Waals surface area contributed by atoms with E-state index in [-0.39, 0.29) is 5.97 Å². The Morgan fingerprint density at radius 3 is 3.06 bits per heavy atom.